The number of hydrogen-bond donors (Lipinski definition) is 1. The van der Waals surface area contributed by atoms with Gasteiger partial charge in [0.05, 0.1) is 10.6 Å². The zero-order valence-corrected chi connectivity index (χ0v) is 17.1. The van der Waals surface area contributed by atoms with Crippen LogP contribution in [0.15, 0.2) is 69.4 Å². The van der Waals surface area contributed by atoms with Gasteiger partial charge in [-0.3, -0.25) is 4.72 Å². The van der Waals surface area contributed by atoms with Crippen LogP contribution in [0.2, 0.25) is 10.0 Å². The highest BCUT2D eigenvalue weighted by Crippen LogP contribution is 2.35. The number of nitrogens with zero attached hydrogens (tertiary/aromatic N) is 2. The Morgan fingerprint density at radius 2 is 1.71 bits per heavy atom. The maximum atomic E-state index is 12.7. The quantitative estimate of drug-likeness (QED) is 0.428. The summed E-state index contributed by atoms with van der Waals surface area (Å²) in [5.41, 5.74) is 1.12. The Labute approximate surface area is 174 Å². The third-order valence-electron chi connectivity index (χ3n) is 3.71. The van der Waals surface area contributed by atoms with Crippen molar-refractivity contribution in [2.24, 2.45) is 0 Å². The summed E-state index contributed by atoms with van der Waals surface area (Å²) >= 11 is 13.1. The highest BCUT2D eigenvalue weighted by Gasteiger charge is 2.21. The van der Waals surface area contributed by atoms with E-state index in [0.717, 1.165) is 5.56 Å². The van der Waals surface area contributed by atoms with Crippen LogP contribution in [-0.4, -0.2) is 18.6 Å². The number of rotatable bonds is 5. The van der Waals surface area contributed by atoms with Crippen molar-refractivity contribution in [1.29, 1.82) is 0 Å². The summed E-state index contributed by atoms with van der Waals surface area (Å²) in [7, 11) is -3.91. The van der Waals surface area contributed by atoms with Crippen molar-refractivity contribution in [3.63, 3.8) is 0 Å². The van der Waals surface area contributed by atoms with Crippen molar-refractivity contribution >= 4 is 50.2 Å². The molecule has 142 valence electrons. The number of anilines is 1. The Morgan fingerprint density at radius 3 is 2.43 bits per heavy atom. The van der Waals surface area contributed by atoms with Gasteiger partial charge in [0.15, 0.2) is 0 Å². The monoisotopic (exact) mass is 451 g/mol. The molecule has 4 aromatic rings. The lowest BCUT2D eigenvalue weighted by Gasteiger charge is -2.08. The highest BCUT2D eigenvalue weighted by molar-refractivity contribution is 7.92. The lowest BCUT2D eigenvalue weighted by Crippen LogP contribution is -2.13. The van der Waals surface area contributed by atoms with Crippen LogP contribution in [0, 0.1) is 0 Å². The van der Waals surface area contributed by atoms with Crippen LogP contribution in [-0.2, 0) is 10.0 Å². The van der Waals surface area contributed by atoms with Gasteiger partial charge in [0.1, 0.15) is 4.88 Å². The fraction of sp³-hybridized carbons (Fsp3) is 0. The summed E-state index contributed by atoms with van der Waals surface area (Å²) in [6.45, 7) is 0. The first-order chi connectivity index (χ1) is 13.4. The Hall–Kier alpha value is -2.39. The molecule has 10 heteroatoms. The average molecular weight is 452 g/mol. The molecule has 2 aromatic heterocycles. The van der Waals surface area contributed by atoms with Gasteiger partial charge in [-0.2, -0.15) is 4.98 Å². The van der Waals surface area contributed by atoms with E-state index in [1.165, 1.54) is 29.5 Å². The standard InChI is InChI=1S/C18H11Cl2N3O3S2/c19-12-8-13(20)10-14(9-12)28(24,25)23-15-6-7-27-16(15)18-21-17(22-26-18)11-4-2-1-3-5-11/h1-10,23H. The largest absolute Gasteiger partial charge is 0.333 e. The van der Waals surface area contributed by atoms with E-state index < -0.39 is 10.0 Å². The Bertz CT molecular complexity index is 1220. The van der Waals surface area contributed by atoms with Gasteiger partial charge in [-0.1, -0.05) is 58.7 Å². The topological polar surface area (TPSA) is 85.1 Å². The van der Waals surface area contributed by atoms with Crippen LogP contribution in [0.5, 0.6) is 0 Å². The van der Waals surface area contributed by atoms with Crippen LogP contribution in [0.1, 0.15) is 0 Å². The molecule has 0 aliphatic rings. The fourth-order valence-electron chi connectivity index (χ4n) is 2.46. The van der Waals surface area contributed by atoms with E-state index in [1.807, 2.05) is 30.3 Å². The van der Waals surface area contributed by atoms with Gasteiger partial charge in [-0.15, -0.1) is 11.3 Å². The first kappa shape index (κ1) is 18.9. The first-order valence-corrected chi connectivity index (χ1v) is 11.0. The van der Waals surface area contributed by atoms with Crippen LogP contribution >= 0.6 is 34.5 Å². The molecule has 0 saturated carbocycles. The van der Waals surface area contributed by atoms with E-state index >= 15 is 0 Å². The molecule has 0 unspecified atom stereocenters. The number of nitrogens with one attached hydrogen (secondary N) is 1. The van der Waals surface area contributed by atoms with Gasteiger partial charge >= 0.3 is 0 Å². The van der Waals surface area contributed by atoms with E-state index in [9.17, 15) is 8.42 Å². The molecule has 0 aliphatic carbocycles. The van der Waals surface area contributed by atoms with Crippen molar-refractivity contribution in [1.82, 2.24) is 10.1 Å². The second-order valence-corrected chi connectivity index (χ2v) is 9.13. The van der Waals surface area contributed by atoms with E-state index in [2.05, 4.69) is 14.9 Å². The van der Waals surface area contributed by atoms with Gasteiger partial charge in [0.2, 0.25) is 5.82 Å². The number of hydrogen-bond acceptors (Lipinski definition) is 6. The summed E-state index contributed by atoms with van der Waals surface area (Å²) in [5.74, 6) is 0.634. The normalized spacial score (nSPS) is 11.5. The molecule has 0 radical (unpaired) electrons. The van der Waals surface area contributed by atoms with Crippen molar-refractivity contribution in [3.05, 3.63) is 70.0 Å². The minimum Gasteiger partial charge on any atom is -0.333 e. The lowest BCUT2D eigenvalue weighted by molar-refractivity contribution is 0.433. The number of aromatic nitrogens is 2. The molecule has 0 bridgehead atoms. The van der Waals surface area contributed by atoms with Crippen molar-refractivity contribution < 1.29 is 12.9 Å². The average Bonchev–Trinajstić information content (AvgIpc) is 3.30. The Kier molecular flexibility index (Phi) is 5.11. The molecular formula is C18H11Cl2N3O3S2. The van der Waals surface area contributed by atoms with E-state index in [0.29, 0.717) is 16.4 Å². The summed E-state index contributed by atoms with van der Waals surface area (Å²) in [4.78, 5) is 4.83. The molecule has 0 amide bonds. The van der Waals surface area contributed by atoms with Gasteiger partial charge in [0, 0.05) is 15.6 Å². The lowest BCUT2D eigenvalue weighted by atomic mass is 10.2. The molecule has 4 rings (SSSR count). The van der Waals surface area contributed by atoms with Gasteiger partial charge < -0.3 is 4.52 Å². The molecular weight excluding hydrogens is 441 g/mol. The number of halogens is 2. The van der Waals surface area contributed by atoms with Gasteiger partial charge in [-0.25, -0.2) is 8.42 Å². The van der Waals surface area contributed by atoms with E-state index in [1.54, 1.807) is 11.4 Å². The minimum atomic E-state index is -3.91. The molecule has 0 saturated heterocycles. The van der Waals surface area contributed by atoms with Gasteiger partial charge in [0.25, 0.3) is 15.9 Å². The van der Waals surface area contributed by atoms with E-state index in [-0.39, 0.29) is 20.8 Å². The molecule has 0 atom stereocenters. The Balaban J connectivity index is 1.66. The zero-order valence-electron chi connectivity index (χ0n) is 14.0. The zero-order chi connectivity index (χ0) is 19.7. The van der Waals surface area contributed by atoms with Gasteiger partial charge in [-0.05, 0) is 29.6 Å². The van der Waals surface area contributed by atoms with Crippen LogP contribution in [0.4, 0.5) is 5.69 Å². The molecule has 0 spiro atoms. The molecule has 6 nitrogen and oxygen atoms in total. The molecule has 28 heavy (non-hydrogen) atoms. The smallest absolute Gasteiger partial charge is 0.270 e. The highest BCUT2D eigenvalue weighted by atomic mass is 35.5. The summed E-state index contributed by atoms with van der Waals surface area (Å²) in [6.07, 6.45) is 0. The molecule has 0 fully saturated rings. The molecule has 2 heterocycles. The minimum absolute atomic E-state index is 0.0438. The number of benzene rings is 2. The molecule has 0 aliphatic heterocycles. The Morgan fingerprint density at radius 1 is 1.00 bits per heavy atom. The predicted octanol–water partition coefficient (Wildman–Crippen LogP) is 5.57. The molecule has 1 N–H and O–H groups in total. The van der Waals surface area contributed by atoms with Crippen LogP contribution in [0.3, 0.4) is 0 Å². The summed E-state index contributed by atoms with van der Waals surface area (Å²) < 4.78 is 33.3. The third-order valence-corrected chi connectivity index (χ3v) is 6.39. The maximum Gasteiger partial charge on any atom is 0.270 e. The van der Waals surface area contributed by atoms with Crippen molar-refractivity contribution in [3.8, 4) is 22.2 Å². The number of thiophene rings is 1. The molecule has 2 aromatic carbocycles. The first-order valence-electron chi connectivity index (χ1n) is 7.88. The summed E-state index contributed by atoms with van der Waals surface area (Å²) in [6, 6.07) is 15.1. The number of sulfonamides is 1. The maximum absolute atomic E-state index is 12.7. The SMILES string of the molecule is O=S(=O)(Nc1ccsc1-c1nc(-c2ccccc2)no1)c1cc(Cl)cc(Cl)c1. The van der Waals surface area contributed by atoms with Crippen LogP contribution < -0.4 is 4.72 Å². The predicted molar refractivity (Wildman–Crippen MR) is 110 cm³/mol. The second kappa shape index (κ2) is 7.56. The fourth-order valence-corrected chi connectivity index (χ4v) is 5.09. The van der Waals surface area contributed by atoms with Crippen LogP contribution in [0.25, 0.3) is 22.2 Å². The summed E-state index contributed by atoms with van der Waals surface area (Å²) in [5, 5.41) is 6.15. The van der Waals surface area contributed by atoms with E-state index in [4.69, 9.17) is 27.7 Å². The third kappa shape index (κ3) is 3.90. The van der Waals surface area contributed by atoms with Crippen molar-refractivity contribution in [2.75, 3.05) is 4.72 Å². The van der Waals surface area contributed by atoms with Crippen molar-refractivity contribution in [2.45, 2.75) is 4.90 Å². The second-order valence-electron chi connectivity index (χ2n) is 5.66.